The molecule has 0 radical (unpaired) electrons. The van der Waals surface area contributed by atoms with Crippen molar-refractivity contribution in [3.05, 3.63) is 80.6 Å². The third kappa shape index (κ3) is 4.33. The van der Waals surface area contributed by atoms with Crippen molar-refractivity contribution in [2.75, 3.05) is 5.32 Å². The predicted octanol–water partition coefficient (Wildman–Crippen LogP) is 4.09. The second-order valence-electron chi connectivity index (χ2n) is 6.47. The Bertz CT molecular complexity index is 1250. The summed E-state index contributed by atoms with van der Waals surface area (Å²) in [7, 11) is 0. The van der Waals surface area contributed by atoms with Gasteiger partial charge in [-0.3, -0.25) is 10.1 Å². The number of ether oxygens (including phenoxy) is 1. The number of carbonyl (C=O) groups excluding carboxylic acids is 1. The molecule has 0 aliphatic carbocycles. The first kappa shape index (κ1) is 18.8. The number of nitrogens with zero attached hydrogens (tertiary/aromatic N) is 2. The molecule has 146 valence electrons. The second kappa shape index (κ2) is 7.84. The van der Waals surface area contributed by atoms with E-state index in [-0.39, 0.29) is 11.5 Å². The Morgan fingerprint density at radius 3 is 2.62 bits per heavy atom. The van der Waals surface area contributed by atoms with Gasteiger partial charge in [0.25, 0.3) is 5.91 Å². The quantitative estimate of drug-likeness (QED) is 0.501. The molecule has 0 bridgehead atoms. The molecule has 0 aliphatic rings. The lowest BCUT2D eigenvalue weighted by Gasteiger charge is -2.08. The number of rotatable bonds is 5. The fourth-order valence-electron chi connectivity index (χ4n) is 2.83. The van der Waals surface area contributed by atoms with E-state index in [1.165, 1.54) is 17.4 Å². The molecule has 1 amide bonds. The summed E-state index contributed by atoms with van der Waals surface area (Å²) in [5.74, 6) is 0.355. The van der Waals surface area contributed by atoms with E-state index in [0.29, 0.717) is 28.6 Å². The first-order valence-corrected chi connectivity index (χ1v) is 9.67. The SMILES string of the molecule is Cc1nnc(NC(=O)c2ccc(COc3ccc4c(C)cc(=O)oc4c3)cc2)s1. The third-order valence-corrected chi connectivity index (χ3v) is 5.05. The van der Waals surface area contributed by atoms with Gasteiger partial charge in [-0.2, -0.15) is 0 Å². The van der Waals surface area contributed by atoms with Crippen LogP contribution >= 0.6 is 11.3 Å². The van der Waals surface area contributed by atoms with Crippen molar-refractivity contribution >= 4 is 33.3 Å². The van der Waals surface area contributed by atoms with E-state index in [9.17, 15) is 9.59 Å². The van der Waals surface area contributed by atoms with Gasteiger partial charge in [-0.25, -0.2) is 4.79 Å². The normalized spacial score (nSPS) is 10.8. The number of anilines is 1. The van der Waals surface area contributed by atoms with Crippen LogP contribution in [0.5, 0.6) is 5.75 Å². The van der Waals surface area contributed by atoms with E-state index < -0.39 is 0 Å². The van der Waals surface area contributed by atoms with E-state index >= 15 is 0 Å². The van der Waals surface area contributed by atoms with E-state index in [0.717, 1.165) is 21.5 Å². The molecule has 8 heteroatoms. The smallest absolute Gasteiger partial charge is 0.336 e. The standard InChI is InChI=1S/C21H17N3O4S/c1-12-9-19(25)28-18-10-16(7-8-17(12)18)27-11-14-3-5-15(6-4-14)20(26)22-21-24-23-13(2)29-21/h3-10H,11H2,1-2H3,(H,22,24,26). The van der Waals surface area contributed by atoms with Gasteiger partial charge in [0.1, 0.15) is 22.9 Å². The van der Waals surface area contributed by atoms with Gasteiger partial charge in [-0.05, 0) is 49.2 Å². The molecule has 0 fully saturated rings. The van der Waals surface area contributed by atoms with Crippen LogP contribution in [0.1, 0.15) is 26.5 Å². The van der Waals surface area contributed by atoms with Crippen molar-refractivity contribution in [3.8, 4) is 5.75 Å². The lowest BCUT2D eigenvalue weighted by molar-refractivity contribution is 0.102. The average Bonchev–Trinajstić information content (AvgIpc) is 3.11. The first-order valence-electron chi connectivity index (χ1n) is 8.86. The molecule has 29 heavy (non-hydrogen) atoms. The number of aryl methyl sites for hydroxylation is 2. The highest BCUT2D eigenvalue weighted by Crippen LogP contribution is 2.23. The molecule has 0 saturated heterocycles. The summed E-state index contributed by atoms with van der Waals surface area (Å²) in [6.45, 7) is 4.01. The summed E-state index contributed by atoms with van der Waals surface area (Å²) in [5.41, 5.74) is 2.39. The maximum Gasteiger partial charge on any atom is 0.336 e. The lowest BCUT2D eigenvalue weighted by atomic mass is 10.1. The van der Waals surface area contributed by atoms with Crippen LogP contribution in [0.2, 0.25) is 0 Å². The summed E-state index contributed by atoms with van der Waals surface area (Å²) in [6, 6.07) is 14.0. The van der Waals surface area contributed by atoms with Gasteiger partial charge in [-0.15, -0.1) is 10.2 Å². The molecular formula is C21H17N3O4S. The van der Waals surface area contributed by atoms with E-state index in [2.05, 4.69) is 15.5 Å². The number of benzene rings is 2. The first-order chi connectivity index (χ1) is 14.0. The van der Waals surface area contributed by atoms with E-state index in [1.807, 2.05) is 38.1 Å². The predicted molar refractivity (Wildman–Crippen MR) is 111 cm³/mol. The second-order valence-corrected chi connectivity index (χ2v) is 7.65. The number of fused-ring (bicyclic) bond motifs is 1. The van der Waals surface area contributed by atoms with Crippen molar-refractivity contribution < 1.29 is 13.9 Å². The molecule has 7 nitrogen and oxygen atoms in total. The molecule has 0 aliphatic heterocycles. The van der Waals surface area contributed by atoms with Crippen LogP contribution in [-0.2, 0) is 6.61 Å². The van der Waals surface area contributed by atoms with Gasteiger partial charge in [0, 0.05) is 23.1 Å². The molecule has 4 aromatic rings. The Morgan fingerprint density at radius 2 is 1.90 bits per heavy atom. The number of hydrogen-bond donors (Lipinski definition) is 1. The zero-order chi connectivity index (χ0) is 20.4. The highest BCUT2D eigenvalue weighted by Gasteiger charge is 2.09. The monoisotopic (exact) mass is 407 g/mol. The molecule has 2 heterocycles. The maximum atomic E-state index is 12.3. The minimum atomic E-state index is -0.385. The Balaban J connectivity index is 1.42. The van der Waals surface area contributed by atoms with Crippen molar-refractivity contribution in [3.63, 3.8) is 0 Å². The number of hydrogen-bond acceptors (Lipinski definition) is 7. The van der Waals surface area contributed by atoms with Crippen LogP contribution < -0.4 is 15.7 Å². The van der Waals surface area contributed by atoms with Crippen LogP contribution in [0.25, 0.3) is 11.0 Å². The minimum Gasteiger partial charge on any atom is -0.489 e. The number of aromatic nitrogens is 2. The summed E-state index contributed by atoms with van der Waals surface area (Å²) in [6.07, 6.45) is 0. The average molecular weight is 407 g/mol. The van der Waals surface area contributed by atoms with E-state index in [1.54, 1.807) is 18.2 Å². The Morgan fingerprint density at radius 1 is 1.10 bits per heavy atom. The van der Waals surface area contributed by atoms with Crippen LogP contribution in [-0.4, -0.2) is 16.1 Å². The van der Waals surface area contributed by atoms with Crippen LogP contribution in [0, 0.1) is 13.8 Å². The molecule has 2 aromatic carbocycles. The van der Waals surface area contributed by atoms with Gasteiger partial charge in [-0.1, -0.05) is 23.5 Å². The van der Waals surface area contributed by atoms with Gasteiger partial charge in [0.15, 0.2) is 0 Å². The summed E-state index contributed by atoms with van der Waals surface area (Å²) >= 11 is 1.32. The van der Waals surface area contributed by atoms with Crippen LogP contribution in [0.4, 0.5) is 5.13 Å². The largest absolute Gasteiger partial charge is 0.489 e. The molecule has 2 aromatic heterocycles. The van der Waals surface area contributed by atoms with Crippen molar-refractivity contribution in [1.29, 1.82) is 0 Å². The summed E-state index contributed by atoms with van der Waals surface area (Å²) < 4.78 is 11.0. The van der Waals surface area contributed by atoms with Crippen molar-refractivity contribution in [2.45, 2.75) is 20.5 Å². The molecule has 0 unspecified atom stereocenters. The minimum absolute atomic E-state index is 0.242. The molecule has 4 rings (SSSR count). The van der Waals surface area contributed by atoms with Crippen molar-refractivity contribution in [2.24, 2.45) is 0 Å². The molecule has 0 saturated carbocycles. The highest BCUT2D eigenvalue weighted by atomic mass is 32.1. The lowest BCUT2D eigenvalue weighted by Crippen LogP contribution is -2.11. The molecule has 0 atom stereocenters. The van der Waals surface area contributed by atoms with Gasteiger partial charge in [0.05, 0.1) is 0 Å². The zero-order valence-corrected chi connectivity index (χ0v) is 16.6. The molecule has 0 spiro atoms. The van der Waals surface area contributed by atoms with Gasteiger partial charge >= 0.3 is 5.63 Å². The fourth-order valence-corrected chi connectivity index (χ4v) is 3.42. The number of nitrogens with one attached hydrogen (secondary N) is 1. The third-order valence-electron chi connectivity index (χ3n) is 4.29. The van der Waals surface area contributed by atoms with Crippen LogP contribution in [0.3, 0.4) is 0 Å². The summed E-state index contributed by atoms with van der Waals surface area (Å²) in [4.78, 5) is 23.8. The zero-order valence-electron chi connectivity index (χ0n) is 15.8. The highest BCUT2D eigenvalue weighted by molar-refractivity contribution is 7.15. The topological polar surface area (TPSA) is 94.3 Å². The summed E-state index contributed by atoms with van der Waals surface area (Å²) in [5, 5.41) is 12.6. The maximum absolute atomic E-state index is 12.3. The van der Waals surface area contributed by atoms with Crippen LogP contribution in [0.15, 0.2) is 57.7 Å². The Hall–Kier alpha value is -3.52. The van der Waals surface area contributed by atoms with E-state index in [4.69, 9.17) is 9.15 Å². The Labute approximate surface area is 170 Å². The number of amides is 1. The number of carbonyl (C=O) groups is 1. The van der Waals surface area contributed by atoms with Gasteiger partial charge in [0.2, 0.25) is 5.13 Å². The Kier molecular flexibility index (Phi) is 5.09. The van der Waals surface area contributed by atoms with Crippen molar-refractivity contribution in [1.82, 2.24) is 10.2 Å². The van der Waals surface area contributed by atoms with Gasteiger partial charge < -0.3 is 9.15 Å². The molecule has 1 N–H and O–H groups in total. The fraction of sp³-hybridized carbons (Fsp3) is 0.143. The molecular weight excluding hydrogens is 390 g/mol.